The standard InChI is InChI=1S/C25H28N2O2/c1-4-6-11-24-23-10-7-9-21(25(23)27(3)26-24)18-29-22-14-12-20(13-15-22)19(8-5-2)16-17-28/h7,9-10,12-15,17,19H,4,6,11,16,18H2,1-3H3/t19-/m0/s1. The van der Waals surface area contributed by atoms with Gasteiger partial charge in [-0.3, -0.25) is 4.68 Å². The molecule has 3 rings (SSSR count). The average Bonchev–Trinajstić information content (AvgIpc) is 3.07. The van der Waals surface area contributed by atoms with Gasteiger partial charge in [-0.25, -0.2) is 0 Å². The van der Waals surface area contributed by atoms with Crippen molar-refractivity contribution in [3.63, 3.8) is 0 Å². The Bertz CT molecular complexity index is 1020. The number of carbonyl (C=O) groups excluding carboxylic acids is 1. The number of hydrogen-bond acceptors (Lipinski definition) is 3. The molecule has 0 radical (unpaired) electrons. The van der Waals surface area contributed by atoms with Crippen LogP contribution in [0.2, 0.25) is 0 Å². The first-order valence-corrected chi connectivity index (χ1v) is 10.2. The minimum absolute atomic E-state index is 0.0590. The lowest BCUT2D eigenvalue weighted by Gasteiger charge is -2.11. The van der Waals surface area contributed by atoms with E-state index in [9.17, 15) is 4.79 Å². The molecular weight excluding hydrogens is 360 g/mol. The van der Waals surface area contributed by atoms with Crippen molar-refractivity contribution in [2.45, 2.75) is 52.1 Å². The normalized spacial score (nSPS) is 11.7. The molecule has 150 valence electrons. The van der Waals surface area contributed by atoms with Gasteiger partial charge in [-0.2, -0.15) is 5.10 Å². The van der Waals surface area contributed by atoms with Gasteiger partial charge in [0.15, 0.2) is 0 Å². The molecule has 0 N–H and O–H groups in total. The van der Waals surface area contributed by atoms with Crippen molar-refractivity contribution in [1.29, 1.82) is 0 Å². The summed E-state index contributed by atoms with van der Waals surface area (Å²) in [6, 6.07) is 14.2. The summed E-state index contributed by atoms with van der Waals surface area (Å²) in [6.45, 7) is 4.48. The number of aryl methyl sites for hydroxylation is 2. The van der Waals surface area contributed by atoms with Gasteiger partial charge in [0.25, 0.3) is 0 Å². The van der Waals surface area contributed by atoms with Crippen molar-refractivity contribution in [2.75, 3.05) is 0 Å². The van der Waals surface area contributed by atoms with Crippen LogP contribution in [0.25, 0.3) is 10.9 Å². The smallest absolute Gasteiger partial charge is 0.121 e. The van der Waals surface area contributed by atoms with E-state index in [0.717, 1.165) is 53.6 Å². The number of unbranched alkanes of at least 4 members (excludes halogenated alkanes) is 1. The Hall–Kier alpha value is -3.06. The van der Waals surface area contributed by atoms with Gasteiger partial charge in [0.1, 0.15) is 18.6 Å². The highest BCUT2D eigenvalue weighted by Gasteiger charge is 2.13. The number of carbonyl (C=O) groups is 1. The number of nitrogens with zero attached hydrogens (tertiary/aromatic N) is 2. The van der Waals surface area contributed by atoms with Gasteiger partial charge in [0, 0.05) is 24.4 Å². The van der Waals surface area contributed by atoms with Crippen LogP contribution in [0, 0.1) is 11.8 Å². The molecule has 4 heteroatoms. The zero-order valence-corrected chi connectivity index (χ0v) is 17.4. The van der Waals surface area contributed by atoms with Crippen molar-refractivity contribution in [1.82, 2.24) is 9.78 Å². The number of aldehydes is 1. The SMILES string of the molecule is CC#C[C@@H](CC=O)c1ccc(OCc2cccc3c(CCCC)nn(C)c23)cc1. The Kier molecular flexibility index (Phi) is 7.08. The lowest BCUT2D eigenvalue weighted by Crippen LogP contribution is -2.01. The second-order valence-corrected chi connectivity index (χ2v) is 7.19. The van der Waals surface area contributed by atoms with E-state index < -0.39 is 0 Å². The third kappa shape index (κ3) is 4.86. The van der Waals surface area contributed by atoms with E-state index in [1.165, 1.54) is 5.39 Å². The molecule has 0 aliphatic rings. The Balaban J connectivity index is 1.76. The van der Waals surface area contributed by atoms with Gasteiger partial charge in [0.2, 0.25) is 0 Å². The first-order valence-electron chi connectivity index (χ1n) is 10.2. The van der Waals surface area contributed by atoms with Crippen LogP contribution in [0.15, 0.2) is 42.5 Å². The van der Waals surface area contributed by atoms with E-state index in [0.29, 0.717) is 13.0 Å². The molecule has 0 saturated heterocycles. The lowest BCUT2D eigenvalue weighted by molar-refractivity contribution is -0.107. The van der Waals surface area contributed by atoms with E-state index in [-0.39, 0.29) is 5.92 Å². The number of aromatic nitrogens is 2. The number of hydrogen-bond donors (Lipinski definition) is 0. The summed E-state index contributed by atoms with van der Waals surface area (Å²) in [5, 5.41) is 5.94. The second-order valence-electron chi connectivity index (χ2n) is 7.19. The zero-order chi connectivity index (χ0) is 20.6. The summed E-state index contributed by atoms with van der Waals surface area (Å²) in [4.78, 5) is 10.9. The molecule has 3 aromatic rings. The molecule has 4 nitrogen and oxygen atoms in total. The molecule has 0 unspecified atom stereocenters. The monoisotopic (exact) mass is 388 g/mol. The maximum atomic E-state index is 10.9. The Morgan fingerprint density at radius 1 is 1.21 bits per heavy atom. The number of ether oxygens (including phenoxy) is 1. The summed E-state index contributed by atoms with van der Waals surface area (Å²) < 4.78 is 8.02. The molecule has 0 spiro atoms. The summed E-state index contributed by atoms with van der Waals surface area (Å²) in [7, 11) is 2.00. The molecule has 1 atom stereocenters. The fourth-order valence-electron chi connectivity index (χ4n) is 3.64. The first-order chi connectivity index (χ1) is 14.2. The van der Waals surface area contributed by atoms with Gasteiger partial charge in [0.05, 0.1) is 17.1 Å². The Morgan fingerprint density at radius 2 is 2.00 bits per heavy atom. The highest BCUT2D eigenvalue weighted by Crippen LogP contribution is 2.26. The number of rotatable bonds is 9. The third-order valence-electron chi connectivity index (χ3n) is 5.12. The van der Waals surface area contributed by atoms with Crippen LogP contribution in [-0.2, 0) is 24.9 Å². The molecule has 2 aromatic carbocycles. The number of para-hydroxylation sites is 1. The van der Waals surface area contributed by atoms with Gasteiger partial charge in [-0.1, -0.05) is 49.6 Å². The van der Waals surface area contributed by atoms with Gasteiger partial charge < -0.3 is 9.53 Å². The molecule has 0 aliphatic heterocycles. The van der Waals surface area contributed by atoms with Crippen LogP contribution < -0.4 is 4.74 Å². The van der Waals surface area contributed by atoms with Crippen molar-refractivity contribution in [3.05, 3.63) is 59.3 Å². The summed E-state index contributed by atoms with van der Waals surface area (Å²) >= 11 is 0. The molecule has 0 aliphatic carbocycles. The van der Waals surface area contributed by atoms with Crippen LogP contribution in [0.3, 0.4) is 0 Å². The maximum absolute atomic E-state index is 10.9. The Labute approximate surface area is 172 Å². The summed E-state index contributed by atoms with van der Waals surface area (Å²) in [6.07, 6.45) is 4.63. The maximum Gasteiger partial charge on any atom is 0.121 e. The van der Waals surface area contributed by atoms with E-state index >= 15 is 0 Å². The fourth-order valence-corrected chi connectivity index (χ4v) is 3.64. The van der Waals surface area contributed by atoms with Crippen molar-refractivity contribution < 1.29 is 9.53 Å². The second kappa shape index (κ2) is 9.93. The summed E-state index contributed by atoms with van der Waals surface area (Å²) in [5.41, 5.74) is 4.46. The molecular formula is C25H28N2O2. The largest absolute Gasteiger partial charge is 0.489 e. The fraction of sp³-hybridized carbons (Fsp3) is 0.360. The van der Waals surface area contributed by atoms with Crippen LogP contribution >= 0.6 is 0 Å². The zero-order valence-electron chi connectivity index (χ0n) is 17.4. The third-order valence-corrected chi connectivity index (χ3v) is 5.12. The van der Waals surface area contributed by atoms with Crippen LogP contribution in [-0.4, -0.2) is 16.1 Å². The van der Waals surface area contributed by atoms with Gasteiger partial charge >= 0.3 is 0 Å². The molecule has 0 amide bonds. The first kappa shape index (κ1) is 20.7. The Morgan fingerprint density at radius 3 is 2.69 bits per heavy atom. The van der Waals surface area contributed by atoms with Crippen LogP contribution in [0.4, 0.5) is 0 Å². The lowest BCUT2D eigenvalue weighted by atomic mass is 9.97. The molecule has 0 bridgehead atoms. The molecule has 29 heavy (non-hydrogen) atoms. The van der Waals surface area contributed by atoms with E-state index in [4.69, 9.17) is 9.84 Å². The van der Waals surface area contributed by atoms with E-state index in [1.54, 1.807) is 6.92 Å². The average molecular weight is 389 g/mol. The van der Waals surface area contributed by atoms with Crippen molar-refractivity contribution in [3.8, 4) is 17.6 Å². The van der Waals surface area contributed by atoms with Crippen molar-refractivity contribution >= 4 is 17.2 Å². The van der Waals surface area contributed by atoms with Crippen molar-refractivity contribution in [2.24, 2.45) is 7.05 Å². The molecule has 0 saturated carbocycles. The van der Waals surface area contributed by atoms with E-state index in [2.05, 4.69) is 37.0 Å². The number of benzene rings is 2. The predicted molar refractivity (Wildman–Crippen MR) is 117 cm³/mol. The topological polar surface area (TPSA) is 44.1 Å². The van der Waals surface area contributed by atoms with Gasteiger partial charge in [-0.15, -0.1) is 5.92 Å². The van der Waals surface area contributed by atoms with Gasteiger partial charge in [-0.05, 0) is 37.5 Å². The number of fused-ring (bicyclic) bond motifs is 1. The van der Waals surface area contributed by atoms with Crippen LogP contribution in [0.5, 0.6) is 5.75 Å². The minimum Gasteiger partial charge on any atom is -0.489 e. The summed E-state index contributed by atoms with van der Waals surface area (Å²) in [5.74, 6) is 6.73. The highest BCUT2D eigenvalue weighted by molar-refractivity contribution is 5.85. The molecule has 1 aromatic heterocycles. The molecule has 1 heterocycles. The predicted octanol–water partition coefficient (Wildman–Crippen LogP) is 5.19. The van der Waals surface area contributed by atoms with E-state index in [1.807, 2.05) is 36.0 Å². The molecule has 0 fully saturated rings. The van der Waals surface area contributed by atoms with Crippen LogP contribution in [0.1, 0.15) is 55.8 Å². The quantitative estimate of drug-likeness (QED) is 0.374. The highest BCUT2D eigenvalue weighted by atomic mass is 16.5. The minimum atomic E-state index is -0.0590.